The van der Waals surface area contributed by atoms with Crippen LogP contribution in [0.2, 0.25) is 0 Å². The third kappa shape index (κ3) is 3.84. The third-order valence-corrected chi connectivity index (χ3v) is 4.58. The van der Waals surface area contributed by atoms with E-state index in [1.807, 2.05) is 6.92 Å². The van der Waals surface area contributed by atoms with Gasteiger partial charge in [-0.3, -0.25) is 9.78 Å². The van der Waals surface area contributed by atoms with Crippen molar-refractivity contribution >= 4 is 16.9 Å². The maximum atomic E-state index is 14.6. The van der Waals surface area contributed by atoms with E-state index in [0.717, 1.165) is 0 Å². The zero-order valence-electron chi connectivity index (χ0n) is 16.5. The highest BCUT2D eigenvalue weighted by atomic mass is 19.1. The number of amides is 1. The number of benzene rings is 1. The zero-order valence-corrected chi connectivity index (χ0v) is 16.5. The van der Waals surface area contributed by atoms with E-state index in [2.05, 4.69) is 20.3 Å². The monoisotopic (exact) mass is 406 g/mol. The number of nitrogens with one attached hydrogen (secondary N) is 2. The summed E-state index contributed by atoms with van der Waals surface area (Å²) in [6.45, 7) is 4.04. The SMILES string of the molecule is CCNC(=O)Cc1nc2cc(-c3cc(C)oc(=O)c3)cc(-c3ncccc3F)c2[nH]1. The Morgan fingerprint density at radius 1 is 1.23 bits per heavy atom. The quantitative estimate of drug-likeness (QED) is 0.529. The van der Waals surface area contributed by atoms with Gasteiger partial charge < -0.3 is 14.7 Å². The minimum atomic E-state index is -0.486. The van der Waals surface area contributed by atoms with Crippen LogP contribution in [0, 0.1) is 12.7 Å². The van der Waals surface area contributed by atoms with Crippen molar-refractivity contribution in [3.8, 4) is 22.4 Å². The van der Waals surface area contributed by atoms with E-state index in [1.54, 1.807) is 25.1 Å². The number of aryl methyl sites for hydroxylation is 1. The molecule has 30 heavy (non-hydrogen) atoms. The molecule has 0 radical (unpaired) electrons. The molecule has 0 fully saturated rings. The first kappa shape index (κ1) is 19.5. The first-order valence-corrected chi connectivity index (χ1v) is 9.47. The molecular weight excluding hydrogens is 387 g/mol. The summed E-state index contributed by atoms with van der Waals surface area (Å²) in [5, 5.41) is 2.73. The van der Waals surface area contributed by atoms with Crippen LogP contribution in [0.4, 0.5) is 4.39 Å². The minimum absolute atomic E-state index is 0.0655. The number of nitrogens with zero attached hydrogens (tertiary/aromatic N) is 2. The highest BCUT2D eigenvalue weighted by Gasteiger charge is 2.17. The molecule has 0 aliphatic rings. The van der Waals surface area contributed by atoms with Crippen molar-refractivity contribution in [2.45, 2.75) is 20.3 Å². The van der Waals surface area contributed by atoms with Gasteiger partial charge in [0.05, 0.1) is 17.5 Å². The summed E-state index contributed by atoms with van der Waals surface area (Å²) in [5.41, 5.74) is 2.55. The normalized spacial score (nSPS) is 11.0. The number of fused-ring (bicyclic) bond motifs is 1. The van der Waals surface area contributed by atoms with Gasteiger partial charge in [-0.25, -0.2) is 14.2 Å². The molecule has 3 aromatic heterocycles. The highest BCUT2D eigenvalue weighted by Crippen LogP contribution is 2.33. The summed E-state index contributed by atoms with van der Waals surface area (Å²) in [6, 6.07) is 9.47. The number of pyridine rings is 1. The standard InChI is InChI=1S/C22H19FN4O3/c1-3-24-19(28)11-18-26-17-9-14(13-7-12(2)30-20(29)10-13)8-15(22(17)27-18)21-16(23)5-4-6-25-21/h4-10H,3,11H2,1-2H3,(H,24,28)(H,26,27). The number of aromatic amines is 1. The predicted octanol–water partition coefficient (Wildman–Crippen LogP) is 3.37. The number of halogens is 1. The lowest BCUT2D eigenvalue weighted by Crippen LogP contribution is -2.24. The molecule has 0 bridgehead atoms. The maximum absolute atomic E-state index is 14.6. The molecule has 0 saturated heterocycles. The van der Waals surface area contributed by atoms with Gasteiger partial charge >= 0.3 is 5.63 Å². The van der Waals surface area contributed by atoms with E-state index in [-0.39, 0.29) is 18.0 Å². The Morgan fingerprint density at radius 2 is 2.03 bits per heavy atom. The van der Waals surface area contributed by atoms with Crippen LogP contribution in [0.15, 0.2) is 51.8 Å². The van der Waals surface area contributed by atoms with E-state index in [1.165, 1.54) is 24.4 Å². The molecule has 8 heteroatoms. The summed E-state index contributed by atoms with van der Waals surface area (Å²) >= 11 is 0. The number of aromatic nitrogens is 3. The van der Waals surface area contributed by atoms with Crippen molar-refractivity contribution in [1.29, 1.82) is 0 Å². The van der Waals surface area contributed by atoms with Crippen LogP contribution in [0.25, 0.3) is 33.4 Å². The fourth-order valence-electron chi connectivity index (χ4n) is 3.37. The maximum Gasteiger partial charge on any atom is 0.336 e. The summed E-state index contributed by atoms with van der Waals surface area (Å²) in [6.07, 6.45) is 1.57. The topological polar surface area (TPSA) is 101 Å². The van der Waals surface area contributed by atoms with E-state index >= 15 is 0 Å². The van der Waals surface area contributed by atoms with Gasteiger partial charge in [0.1, 0.15) is 23.1 Å². The van der Waals surface area contributed by atoms with Crippen LogP contribution < -0.4 is 10.9 Å². The van der Waals surface area contributed by atoms with E-state index in [9.17, 15) is 14.0 Å². The first-order chi connectivity index (χ1) is 14.4. The van der Waals surface area contributed by atoms with Gasteiger partial charge in [-0.2, -0.15) is 0 Å². The second-order valence-electron chi connectivity index (χ2n) is 6.84. The van der Waals surface area contributed by atoms with Crippen LogP contribution >= 0.6 is 0 Å². The van der Waals surface area contributed by atoms with Gasteiger partial charge in [-0.15, -0.1) is 0 Å². The second-order valence-corrected chi connectivity index (χ2v) is 6.84. The summed E-state index contributed by atoms with van der Waals surface area (Å²) in [7, 11) is 0. The molecule has 0 spiro atoms. The number of rotatable bonds is 5. The number of imidazole rings is 1. The fraction of sp³-hybridized carbons (Fsp3) is 0.182. The van der Waals surface area contributed by atoms with Gasteiger partial charge in [0.2, 0.25) is 5.91 Å². The summed E-state index contributed by atoms with van der Waals surface area (Å²) in [4.78, 5) is 35.6. The molecule has 0 atom stereocenters. The Hall–Kier alpha value is -3.81. The van der Waals surface area contributed by atoms with Crippen molar-refractivity contribution < 1.29 is 13.6 Å². The number of carbonyl (C=O) groups excluding carboxylic acids is 1. The molecule has 0 aliphatic heterocycles. The van der Waals surface area contributed by atoms with Crippen molar-refractivity contribution in [1.82, 2.24) is 20.3 Å². The molecule has 152 valence electrons. The number of hydrogen-bond donors (Lipinski definition) is 2. The molecule has 4 aromatic rings. The van der Waals surface area contributed by atoms with Crippen LogP contribution in [0.3, 0.4) is 0 Å². The third-order valence-electron chi connectivity index (χ3n) is 4.58. The van der Waals surface area contributed by atoms with Gasteiger partial charge in [0.15, 0.2) is 0 Å². The van der Waals surface area contributed by atoms with Crippen molar-refractivity contribution in [2.75, 3.05) is 6.54 Å². The molecule has 0 saturated carbocycles. The van der Waals surface area contributed by atoms with Crippen LogP contribution in [0.1, 0.15) is 18.5 Å². The van der Waals surface area contributed by atoms with Crippen LogP contribution in [-0.4, -0.2) is 27.4 Å². The number of H-pyrrole nitrogens is 1. The molecule has 2 N–H and O–H groups in total. The second kappa shape index (κ2) is 7.90. The Kier molecular flexibility index (Phi) is 5.14. The zero-order chi connectivity index (χ0) is 21.3. The van der Waals surface area contributed by atoms with Gasteiger partial charge in [0.25, 0.3) is 0 Å². The number of hydrogen-bond acceptors (Lipinski definition) is 5. The van der Waals surface area contributed by atoms with Crippen LogP contribution in [-0.2, 0) is 11.2 Å². The summed E-state index contributed by atoms with van der Waals surface area (Å²) in [5.74, 6) is 0.259. The van der Waals surface area contributed by atoms with Crippen molar-refractivity contribution in [2.24, 2.45) is 0 Å². The molecule has 7 nitrogen and oxygen atoms in total. The Bertz CT molecular complexity index is 1310. The van der Waals surface area contributed by atoms with Crippen molar-refractivity contribution in [3.63, 3.8) is 0 Å². The van der Waals surface area contributed by atoms with E-state index in [0.29, 0.717) is 45.9 Å². The number of carbonyl (C=O) groups is 1. The molecule has 0 unspecified atom stereocenters. The van der Waals surface area contributed by atoms with E-state index < -0.39 is 11.4 Å². The van der Waals surface area contributed by atoms with Gasteiger partial charge in [0, 0.05) is 24.4 Å². The first-order valence-electron chi connectivity index (χ1n) is 9.47. The highest BCUT2D eigenvalue weighted by molar-refractivity contribution is 5.95. The summed E-state index contributed by atoms with van der Waals surface area (Å²) < 4.78 is 19.6. The fourth-order valence-corrected chi connectivity index (χ4v) is 3.37. The largest absolute Gasteiger partial charge is 0.428 e. The Morgan fingerprint density at radius 3 is 2.77 bits per heavy atom. The lowest BCUT2D eigenvalue weighted by Gasteiger charge is -2.08. The minimum Gasteiger partial charge on any atom is -0.428 e. The molecule has 1 amide bonds. The van der Waals surface area contributed by atoms with Gasteiger partial charge in [-0.1, -0.05) is 0 Å². The molecule has 4 rings (SSSR count). The molecule has 0 aliphatic carbocycles. The average Bonchev–Trinajstić information content (AvgIpc) is 3.09. The Balaban J connectivity index is 1.93. The predicted molar refractivity (Wildman–Crippen MR) is 110 cm³/mol. The Labute approximate surface area is 171 Å². The molecule has 1 aromatic carbocycles. The lowest BCUT2D eigenvalue weighted by molar-refractivity contribution is -0.120. The number of likely N-dealkylation sites (N-methyl/N-ethyl adjacent to an activating group) is 1. The van der Waals surface area contributed by atoms with E-state index in [4.69, 9.17) is 4.42 Å². The molecular formula is C22H19FN4O3. The molecule has 3 heterocycles. The van der Waals surface area contributed by atoms with Crippen molar-refractivity contribution in [3.05, 3.63) is 70.4 Å². The lowest BCUT2D eigenvalue weighted by atomic mass is 10.00. The smallest absolute Gasteiger partial charge is 0.336 e. The average molecular weight is 406 g/mol. The van der Waals surface area contributed by atoms with Gasteiger partial charge in [-0.05, 0) is 55.3 Å². The van der Waals surface area contributed by atoms with Crippen LogP contribution in [0.5, 0.6) is 0 Å².